The van der Waals surface area contributed by atoms with Gasteiger partial charge in [-0.1, -0.05) is 6.92 Å². The first kappa shape index (κ1) is 14.3. The number of hydrogen-bond acceptors (Lipinski definition) is 4. The molecule has 2 N–H and O–H groups in total. The Balaban J connectivity index is 2.22. The monoisotopic (exact) mass is 266 g/mol. The van der Waals surface area contributed by atoms with E-state index in [1.54, 1.807) is 0 Å². The predicted octanol–water partition coefficient (Wildman–Crippen LogP) is 0.801. The molecule has 16 heavy (non-hydrogen) atoms. The van der Waals surface area contributed by atoms with Gasteiger partial charge in [0.2, 0.25) is 10.0 Å². The zero-order chi connectivity index (χ0) is 11.9. The van der Waals surface area contributed by atoms with Crippen molar-refractivity contribution in [2.24, 2.45) is 0 Å². The molecule has 0 aromatic rings. The second kappa shape index (κ2) is 7.53. The normalized spacial score (nSPS) is 22.2. The molecule has 1 unspecified atom stereocenters. The van der Waals surface area contributed by atoms with Gasteiger partial charge in [0.05, 0.1) is 5.75 Å². The molecule has 0 radical (unpaired) electrons. The topological polar surface area (TPSA) is 58.2 Å². The molecule has 0 spiro atoms. The molecule has 1 heterocycles. The van der Waals surface area contributed by atoms with Gasteiger partial charge in [-0.15, -0.1) is 0 Å². The molecule has 0 amide bonds. The molecular formula is C10H22N2O2S2. The van der Waals surface area contributed by atoms with Crippen LogP contribution in [0.25, 0.3) is 0 Å². The average Bonchev–Trinajstić information content (AvgIpc) is 2.25. The van der Waals surface area contributed by atoms with E-state index in [0.717, 1.165) is 31.7 Å². The number of nitrogens with one attached hydrogen (secondary N) is 2. The fourth-order valence-electron chi connectivity index (χ4n) is 1.71. The third-order valence-electron chi connectivity index (χ3n) is 2.52. The Morgan fingerprint density at radius 2 is 2.25 bits per heavy atom. The highest BCUT2D eigenvalue weighted by Gasteiger charge is 2.19. The van der Waals surface area contributed by atoms with E-state index in [-0.39, 0.29) is 11.8 Å². The van der Waals surface area contributed by atoms with Crippen LogP contribution < -0.4 is 10.0 Å². The smallest absolute Gasteiger partial charge is 0.211 e. The first-order valence-corrected chi connectivity index (χ1v) is 8.73. The minimum atomic E-state index is -3.07. The van der Waals surface area contributed by atoms with Crippen LogP contribution in [0.3, 0.4) is 0 Å². The molecule has 1 aliphatic heterocycles. The molecule has 96 valence electrons. The molecule has 0 aromatic carbocycles. The van der Waals surface area contributed by atoms with Crippen LogP contribution in [0.2, 0.25) is 0 Å². The van der Waals surface area contributed by atoms with Gasteiger partial charge in [0.15, 0.2) is 0 Å². The molecule has 4 nitrogen and oxygen atoms in total. The lowest BCUT2D eigenvalue weighted by Crippen LogP contribution is -2.40. The minimum Gasteiger partial charge on any atom is -0.317 e. The van der Waals surface area contributed by atoms with Crippen LogP contribution in [0.15, 0.2) is 0 Å². The van der Waals surface area contributed by atoms with E-state index < -0.39 is 10.0 Å². The molecule has 1 saturated heterocycles. The quantitative estimate of drug-likeness (QED) is 0.669. The van der Waals surface area contributed by atoms with Crippen molar-refractivity contribution in [3.63, 3.8) is 0 Å². The maximum absolute atomic E-state index is 11.7. The Kier molecular flexibility index (Phi) is 6.72. The summed E-state index contributed by atoms with van der Waals surface area (Å²) in [5.74, 6) is 2.33. The third kappa shape index (κ3) is 6.08. The molecular weight excluding hydrogens is 244 g/mol. The van der Waals surface area contributed by atoms with E-state index in [9.17, 15) is 8.42 Å². The zero-order valence-electron chi connectivity index (χ0n) is 9.87. The Bertz CT molecular complexity index is 275. The highest BCUT2D eigenvalue weighted by Crippen LogP contribution is 2.17. The van der Waals surface area contributed by atoms with Gasteiger partial charge < -0.3 is 5.32 Å². The van der Waals surface area contributed by atoms with Gasteiger partial charge in [-0.2, -0.15) is 11.8 Å². The predicted molar refractivity (Wildman–Crippen MR) is 70.4 cm³/mol. The highest BCUT2D eigenvalue weighted by atomic mass is 32.2. The number of thioether (sulfide) groups is 1. The maximum atomic E-state index is 11.7. The van der Waals surface area contributed by atoms with E-state index in [1.807, 2.05) is 18.7 Å². The highest BCUT2D eigenvalue weighted by molar-refractivity contribution is 7.99. The van der Waals surface area contributed by atoms with Crippen molar-refractivity contribution in [3.8, 4) is 0 Å². The second-order valence-electron chi connectivity index (χ2n) is 4.06. The van der Waals surface area contributed by atoms with Crippen molar-refractivity contribution in [2.45, 2.75) is 32.2 Å². The fourth-order valence-corrected chi connectivity index (χ4v) is 4.24. The van der Waals surface area contributed by atoms with Crippen molar-refractivity contribution >= 4 is 21.8 Å². The molecule has 0 saturated carbocycles. The van der Waals surface area contributed by atoms with Crippen molar-refractivity contribution in [1.29, 1.82) is 0 Å². The van der Waals surface area contributed by atoms with Gasteiger partial charge in [0, 0.05) is 11.8 Å². The number of sulfonamides is 1. The van der Waals surface area contributed by atoms with Gasteiger partial charge in [-0.05, 0) is 38.1 Å². The summed E-state index contributed by atoms with van der Waals surface area (Å²) in [6.45, 7) is 3.69. The third-order valence-corrected chi connectivity index (χ3v) is 5.26. The first-order chi connectivity index (χ1) is 7.64. The summed E-state index contributed by atoms with van der Waals surface area (Å²) in [5, 5.41) is 3.13. The summed E-state index contributed by atoms with van der Waals surface area (Å²) in [6.07, 6.45) is 2.79. The summed E-state index contributed by atoms with van der Waals surface area (Å²) in [7, 11) is -3.07. The van der Waals surface area contributed by atoms with Crippen molar-refractivity contribution in [2.75, 3.05) is 30.3 Å². The fraction of sp³-hybridized carbons (Fsp3) is 1.00. The Labute approximate surface area is 103 Å². The number of rotatable bonds is 7. The van der Waals surface area contributed by atoms with E-state index >= 15 is 0 Å². The minimum absolute atomic E-state index is 0.155. The van der Waals surface area contributed by atoms with E-state index in [4.69, 9.17) is 0 Å². The van der Waals surface area contributed by atoms with Crippen LogP contribution in [-0.4, -0.2) is 44.8 Å². The van der Waals surface area contributed by atoms with Crippen LogP contribution in [-0.2, 0) is 10.0 Å². The lowest BCUT2D eigenvalue weighted by Gasteiger charge is -2.22. The summed E-state index contributed by atoms with van der Waals surface area (Å²) in [4.78, 5) is 0. The Morgan fingerprint density at radius 1 is 1.44 bits per heavy atom. The van der Waals surface area contributed by atoms with Gasteiger partial charge in [0.25, 0.3) is 0 Å². The summed E-state index contributed by atoms with van der Waals surface area (Å²) in [6, 6.07) is 0.155. The summed E-state index contributed by atoms with van der Waals surface area (Å²) in [5.41, 5.74) is 0. The van der Waals surface area contributed by atoms with Gasteiger partial charge in [0.1, 0.15) is 0 Å². The molecule has 1 fully saturated rings. The van der Waals surface area contributed by atoms with Gasteiger partial charge >= 0.3 is 0 Å². The average molecular weight is 266 g/mol. The van der Waals surface area contributed by atoms with Crippen LogP contribution >= 0.6 is 11.8 Å². The molecule has 0 bridgehead atoms. The van der Waals surface area contributed by atoms with Crippen LogP contribution in [0.4, 0.5) is 0 Å². The number of hydrogen-bond donors (Lipinski definition) is 2. The zero-order valence-corrected chi connectivity index (χ0v) is 11.5. The van der Waals surface area contributed by atoms with Crippen molar-refractivity contribution in [1.82, 2.24) is 10.0 Å². The SMILES string of the molecule is CCNCCCS(=O)(=O)NC1CCCSC1. The van der Waals surface area contributed by atoms with E-state index in [1.165, 1.54) is 5.75 Å². The molecule has 1 aliphatic rings. The molecule has 0 aliphatic carbocycles. The molecule has 1 atom stereocenters. The van der Waals surface area contributed by atoms with E-state index in [0.29, 0.717) is 6.42 Å². The second-order valence-corrected chi connectivity index (χ2v) is 7.08. The molecule has 6 heteroatoms. The van der Waals surface area contributed by atoms with E-state index in [2.05, 4.69) is 10.0 Å². The largest absolute Gasteiger partial charge is 0.317 e. The molecule has 0 aromatic heterocycles. The summed E-state index contributed by atoms with van der Waals surface area (Å²) < 4.78 is 26.2. The maximum Gasteiger partial charge on any atom is 0.211 e. The van der Waals surface area contributed by atoms with Gasteiger partial charge in [-0.25, -0.2) is 13.1 Å². The van der Waals surface area contributed by atoms with Crippen molar-refractivity contribution < 1.29 is 8.42 Å². The Hall–Kier alpha value is 0.220. The molecule has 1 rings (SSSR count). The lowest BCUT2D eigenvalue weighted by molar-refractivity contribution is 0.540. The van der Waals surface area contributed by atoms with Gasteiger partial charge in [-0.3, -0.25) is 0 Å². The lowest BCUT2D eigenvalue weighted by atomic mass is 10.2. The Morgan fingerprint density at radius 3 is 2.88 bits per heavy atom. The standard InChI is InChI=1S/C10H22N2O2S2/c1-2-11-6-4-8-16(13,14)12-10-5-3-7-15-9-10/h10-12H,2-9H2,1H3. The summed E-state index contributed by atoms with van der Waals surface area (Å²) >= 11 is 1.84. The van der Waals surface area contributed by atoms with Crippen molar-refractivity contribution in [3.05, 3.63) is 0 Å². The van der Waals surface area contributed by atoms with Crippen LogP contribution in [0.5, 0.6) is 0 Å². The van der Waals surface area contributed by atoms with Crippen LogP contribution in [0.1, 0.15) is 26.2 Å². The van der Waals surface area contributed by atoms with Crippen LogP contribution in [0, 0.1) is 0 Å². The first-order valence-electron chi connectivity index (χ1n) is 5.92.